The maximum Gasteiger partial charge on any atom is 0.323 e. The SMILES string of the molecule is CCCCOc1ccc([C@@H](O)[C@H](N)C(=O)O)cc1OCCCC. The fourth-order valence-electron chi connectivity index (χ4n) is 1.94. The lowest BCUT2D eigenvalue weighted by atomic mass is 10.0. The molecule has 23 heavy (non-hydrogen) atoms. The summed E-state index contributed by atoms with van der Waals surface area (Å²) in [5.41, 5.74) is 5.88. The lowest BCUT2D eigenvalue weighted by molar-refractivity contribution is -0.141. The molecule has 130 valence electrons. The van der Waals surface area contributed by atoms with E-state index in [0.717, 1.165) is 25.7 Å². The van der Waals surface area contributed by atoms with Crippen LogP contribution in [0.5, 0.6) is 11.5 Å². The molecule has 0 aliphatic carbocycles. The van der Waals surface area contributed by atoms with Gasteiger partial charge in [0.2, 0.25) is 0 Å². The summed E-state index contributed by atoms with van der Waals surface area (Å²) in [5.74, 6) is -0.160. The van der Waals surface area contributed by atoms with Crippen LogP contribution in [0.2, 0.25) is 0 Å². The Morgan fingerprint density at radius 2 is 1.70 bits per heavy atom. The first-order valence-electron chi connectivity index (χ1n) is 8.07. The highest BCUT2D eigenvalue weighted by atomic mass is 16.5. The number of ether oxygens (including phenoxy) is 2. The van der Waals surface area contributed by atoms with E-state index in [4.69, 9.17) is 20.3 Å². The van der Waals surface area contributed by atoms with Gasteiger partial charge in [-0.15, -0.1) is 0 Å². The Bertz CT molecular complexity index is 492. The van der Waals surface area contributed by atoms with Gasteiger partial charge in [0.15, 0.2) is 11.5 Å². The number of unbranched alkanes of at least 4 members (excludes halogenated alkanes) is 2. The molecule has 0 unspecified atom stereocenters. The molecular weight excluding hydrogens is 298 g/mol. The van der Waals surface area contributed by atoms with Crippen LogP contribution < -0.4 is 15.2 Å². The van der Waals surface area contributed by atoms with Gasteiger partial charge in [0.25, 0.3) is 0 Å². The summed E-state index contributed by atoms with van der Waals surface area (Å²) in [6, 6.07) is 3.51. The molecule has 2 atom stereocenters. The summed E-state index contributed by atoms with van der Waals surface area (Å²) < 4.78 is 11.4. The molecule has 0 heterocycles. The number of aliphatic hydroxyl groups is 1. The van der Waals surface area contributed by atoms with Gasteiger partial charge in [-0.25, -0.2) is 0 Å². The van der Waals surface area contributed by atoms with E-state index in [1.165, 1.54) is 0 Å². The van der Waals surface area contributed by atoms with E-state index in [1.54, 1.807) is 18.2 Å². The quantitative estimate of drug-likeness (QED) is 0.540. The first kappa shape index (κ1) is 19.3. The highest BCUT2D eigenvalue weighted by Crippen LogP contribution is 2.31. The third-order valence-corrected chi connectivity index (χ3v) is 3.45. The summed E-state index contributed by atoms with van der Waals surface area (Å²) in [6.07, 6.45) is 2.55. The van der Waals surface area contributed by atoms with Crippen molar-refractivity contribution >= 4 is 5.97 Å². The standard InChI is InChI=1S/C17H27NO5/c1-3-5-9-22-13-8-7-12(16(19)15(18)17(20)21)11-14(13)23-10-6-4-2/h7-8,11,15-16,19H,3-6,9-10,18H2,1-2H3,(H,20,21)/t15-,16+/m0/s1. The molecule has 0 saturated carbocycles. The number of carboxylic acid groups (broad SMARTS) is 1. The number of aliphatic carboxylic acids is 1. The monoisotopic (exact) mass is 325 g/mol. The van der Waals surface area contributed by atoms with E-state index in [9.17, 15) is 9.90 Å². The van der Waals surface area contributed by atoms with Crippen molar-refractivity contribution < 1.29 is 24.5 Å². The first-order valence-corrected chi connectivity index (χ1v) is 8.07. The summed E-state index contributed by atoms with van der Waals surface area (Å²) >= 11 is 0. The van der Waals surface area contributed by atoms with Crippen LogP contribution in [0.25, 0.3) is 0 Å². The molecule has 0 aliphatic rings. The number of carbonyl (C=O) groups is 1. The molecule has 6 heteroatoms. The predicted octanol–water partition coefficient (Wildman–Crippen LogP) is 2.49. The molecule has 1 rings (SSSR count). The summed E-state index contributed by atoms with van der Waals surface area (Å²) in [7, 11) is 0. The minimum absolute atomic E-state index is 0.397. The molecule has 0 bridgehead atoms. The van der Waals surface area contributed by atoms with Crippen molar-refractivity contribution in [2.45, 2.75) is 51.7 Å². The first-order chi connectivity index (χ1) is 11.0. The molecular formula is C17H27NO5. The zero-order valence-electron chi connectivity index (χ0n) is 13.8. The van der Waals surface area contributed by atoms with E-state index in [-0.39, 0.29) is 0 Å². The number of aliphatic hydroxyl groups excluding tert-OH is 1. The van der Waals surface area contributed by atoms with Crippen molar-refractivity contribution in [1.29, 1.82) is 0 Å². The number of hydrogen-bond acceptors (Lipinski definition) is 5. The molecule has 1 aromatic rings. The highest BCUT2D eigenvalue weighted by molar-refractivity contribution is 5.74. The second kappa shape index (κ2) is 10.1. The molecule has 0 amide bonds. The third-order valence-electron chi connectivity index (χ3n) is 3.45. The Balaban J connectivity index is 2.92. The van der Waals surface area contributed by atoms with Gasteiger partial charge in [-0.05, 0) is 30.5 Å². The van der Waals surface area contributed by atoms with Crippen molar-refractivity contribution in [1.82, 2.24) is 0 Å². The molecule has 0 saturated heterocycles. The van der Waals surface area contributed by atoms with Crippen molar-refractivity contribution in [3.8, 4) is 11.5 Å². The smallest absolute Gasteiger partial charge is 0.323 e. The number of carboxylic acids is 1. The number of hydrogen-bond donors (Lipinski definition) is 3. The van der Waals surface area contributed by atoms with Gasteiger partial charge >= 0.3 is 5.97 Å². The van der Waals surface area contributed by atoms with Crippen LogP contribution >= 0.6 is 0 Å². The molecule has 0 aliphatic heterocycles. The Morgan fingerprint density at radius 1 is 1.13 bits per heavy atom. The third kappa shape index (κ3) is 6.08. The maximum absolute atomic E-state index is 10.9. The zero-order valence-corrected chi connectivity index (χ0v) is 13.8. The van der Waals surface area contributed by atoms with E-state index in [0.29, 0.717) is 30.3 Å². The van der Waals surface area contributed by atoms with Gasteiger partial charge in [0, 0.05) is 0 Å². The second-order valence-electron chi connectivity index (χ2n) is 5.42. The second-order valence-corrected chi connectivity index (χ2v) is 5.42. The summed E-state index contributed by atoms with van der Waals surface area (Å²) in [5, 5.41) is 19.0. The van der Waals surface area contributed by atoms with Gasteiger partial charge < -0.3 is 25.4 Å². The minimum atomic E-state index is -1.38. The zero-order chi connectivity index (χ0) is 17.2. The molecule has 1 aromatic carbocycles. The largest absolute Gasteiger partial charge is 0.490 e. The van der Waals surface area contributed by atoms with E-state index < -0.39 is 18.1 Å². The van der Waals surface area contributed by atoms with Gasteiger partial charge in [-0.1, -0.05) is 32.8 Å². The average Bonchev–Trinajstić information content (AvgIpc) is 2.54. The average molecular weight is 325 g/mol. The van der Waals surface area contributed by atoms with Crippen molar-refractivity contribution in [3.63, 3.8) is 0 Å². The van der Waals surface area contributed by atoms with Crippen LogP contribution in [-0.2, 0) is 4.79 Å². The minimum Gasteiger partial charge on any atom is -0.490 e. The normalized spacial score (nSPS) is 13.4. The van der Waals surface area contributed by atoms with E-state index >= 15 is 0 Å². The van der Waals surface area contributed by atoms with Gasteiger partial charge in [0.1, 0.15) is 12.1 Å². The Morgan fingerprint density at radius 3 is 2.22 bits per heavy atom. The summed E-state index contributed by atoms with van der Waals surface area (Å²) in [6.45, 7) is 5.26. The van der Waals surface area contributed by atoms with E-state index in [2.05, 4.69) is 13.8 Å². The van der Waals surface area contributed by atoms with E-state index in [1.807, 2.05) is 0 Å². The molecule has 6 nitrogen and oxygen atoms in total. The number of nitrogens with two attached hydrogens (primary N) is 1. The van der Waals surface area contributed by atoms with Gasteiger partial charge in [-0.3, -0.25) is 4.79 Å². The molecule has 4 N–H and O–H groups in total. The van der Waals surface area contributed by atoms with Crippen LogP contribution in [0, 0.1) is 0 Å². The van der Waals surface area contributed by atoms with Crippen molar-refractivity contribution in [2.24, 2.45) is 5.73 Å². The van der Waals surface area contributed by atoms with Crippen LogP contribution in [0.15, 0.2) is 18.2 Å². The van der Waals surface area contributed by atoms with Gasteiger partial charge in [-0.2, -0.15) is 0 Å². The van der Waals surface area contributed by atoms with Crippen LogP contribution in [0.4, 0.5) is 0 Å². The predicted molar refractivity (Wildman–Crippen MR) is 87.8 cm³/mol. The van der Waals surface area contributed by atoms with Crippen molar-refractivity contribution in [3.05, 3.63) is 23.8 Å². The Kier molecular flexibility index (Phi) is 8.43. The lowest BCUT2D eigenvalue weighted by Crippen LogP contribution is -2.36. The van der Waals surface area contributed by atoms with Crippen molar-refractivity contribution in [2.75, 3.05) is 13.2 Å². The number of rotatable bonds is 11. The number of benzene rings is 1. The maximum atomic E-state index is 10.9. The highest BCUT2D eigenvalue weighted by Gasteiger charge is 2.24. The summed E-state index contributed by atoms with van der Waals surface area (Å²) in [4.78, 5) is 10.9. The van der Waals surface area contributed by atoms with Crippen LogP contribution in [0.1, 0.15) is 51.2 Å². The fourth-order valence-corrected chi connectivity index (χ4v) is 1.94. The lowest BCUT2D eigenvalue weighted by Gasteiger charge is -2.18. The topological polar surface area (TPSA) is 102 Å². The fraction of sp³-hybridized carbons (Fsp3) is 0.588. The van der Waals surface area contributed by atoms with Crippen LogP contribution in [-0.4, -0.2) is 35.4 Å². The molecule has 0 aromatic heterocycles. The van der Waals surface area contributed by atoms with Gasteiger partial charge in [0.05, 0.1) is 13.2 Å². The Hall–Kier alpha value is -1.79. The Labute approximate surface area is 137 Å². The molecule has 0 radical (unpaired) electrons. The molecule has 0 fully saturated rings. The molecule has 0 spiro atoms. The van der Waals surface area contributed by atoms with Crippen LogP contribution in [0.3, 0.4) is 0 Å².